The zero-order chi connectivity index (χ0) is 23.1. The first-order chi connectivity index (χ1) is 17.3. The molecule has 3 heterocycles. The minimum atomic E-state index is 0.792. The predicted molar refractivity (Wildman–Crippen MR) is 148 cm³/mol. The quantitative estimate of drug-likeness (QED) is 0.262. The highest BCUT2D eigenvalue weighted by atomic mass is 15.4. The van der Waals surface area contributed by atoms with Gasteiger partial charge in [-0.2, -0.15) is 0 Å². The van der Waals surface area contributed by atoms with Crippen LogP contribution < -0.4 is 9.80 Å². The third-order valence-electron chi connectivity index (χ3n) is 7.61. The molecule has 0 saturated heterocycles. The number of aryl methyl sites for hydroxylation is 1. The van der Waals surface area contributed by atoms with Gasteiger partial charge in [0.15, 0.2) is 0 Å². The summed E-state index contributed by atoms with van der Waals surface area (Å²) in [5, 5.41) is 5.27. The van der Waals surface area contributed by atoms with Crippen LogP contribution in [-0.4, -0.2) is 11.1 Å². The maximum Gasteiger partial charge on any atom is 0.100 e. The Morgan fingerprint density at radius 1 is 0.514 bits per heavy atom. The summed E-state index contributed by atoms with van der Waals surface area (Å²) >= 11 is 0. The van der Waals surface area contributed by atoms with Crippen LogP contribution in [0.1, 0.15) is 5.56 Å². The van der Waals surface area contributed by atoms with Crippen molar-refractivity contribution in [3.8, 4) is 0 Å². The van der Waals surface area contributed by atoms with E-state index >= 15 is 0 Å². The normalized spacial score (nSPS) is 13.6. The SMILES string of the molecule is Cc1ccc(N2CN(c3ccc4c(c3)c3cccc5c6ccccc6n4c53)c3ccccc32)cc1. The summed E-state index contributed by atoms with van der Waals surface area (Å²) in [6, 6.07) is 39.9. The average Bonchev–Trinajstić information content (AvgIpc) is 3.56. The van der Waals surface area contributed by atoms with Gasteiger partial charge in [-0.15, -0.1) is 0 Å². The molecule has 0 N–H and O–H groups in total. The second-order valence-electron chi connectivity index (χ2n) is 9.58. The number of para-hydroxylation sites is 4. The van der Waals surface area contributed by atoms with Crippen molar-refractivity contribution in [1.29, 1.82) is 0 Å². The van der Waals surface area contributed by atoms with E-state index in [9.17, 15) is 0 Å². The molecule has 0 spiro atoms. The molecule has 7 aromatic rings. The fourth-order valence-corrected chi connectivity index (χ4v) is 5.97. The van der Waals surface area contributed by atoms with Gasteiger partial charge < -0.3 is 14.2 Å². The first-order valence-electron chi connectivity index (χ1n) is 12.2. The van der Waals surface area contributed by atoms with Gasteiger partial charge in [-0.05, 0) is 55.5 Å². The molecule has 0 amide bonds. The largest absolute Gasteiger partial charge is 0.321 e. The summed E-state index contributed by atoms with van der Waals surface area (Å²) in [4.78, 5) is 4.83. The molecular weight excluding hydrogens is 426 g/mol. The van der Waals surface area contributed by atoms with Gasteiger partial charge in [-0.1, -0.05) is 66.2 Å². The molecule has 1 aliphatic heterocycles. The summed E-state index contributed by atoms with van der Waals surface area (Å²) in [5.41, 5.74) is 10.1. The zero-order valence-electron chi connectivity index (χ0n) is 19.4. The van der Waals surface area contributed by atoms with Gasteiger partial charge in [-0.25, -0.2) is 0 Å². The van der Waals surface area contributed by atoms with Crippen LogP contribution in [0.4, 0.5) is 22.7 Å². The highest BCUT2D eigenvalue weighted by Gasteiger charge is 2.28. The average molecular weight is 450 g/mol. The van der Waals surface area contributed by atoms with Crippen molar-refractivity contribution in [2.75, 3.05) is 16.5 Å². The Balaban J connectivity index is 1.33. The van der Waals surface area contributed by atoms with Crippen LogP contribution in [0, 0.1) is 6.92 Å². The van der Waals surface area contributed by atoms with Crippen LogP contribution in [-0.2, 0) is 0 Å². The van der Waals surface area contributed by atoms with Crippen LogP contribution >= 0.6 is 0 Å². The third-order valence-corrected chi connectivity index (χ3v) is 7.61. The van der Waals surface area contributed by atoms with Crippen molar-refractivity contribution >= 4 is 60.8 Å². The molecular formula is C32H23N3. The molecule has 3 heteroatoms. The molecule has 1 aliphatic rings. The van der Waals surface area contributed by atoms with Gasteiger partial charge in [0.25, 0.3) is 0 Å². The molecule has 0 aliphatic carbocycles. The number of anilines is 4. The molecule has 2 aromatic heterocycles. The van der Waals surface area contributed by atoms with Crippen LogP contribution in [0.25, 0.3) is 38.1 Å². The molecule has 35 heavy (non-hydrogen) atoms. The molecule has 0 saturated carbocycles. The maximum absolute atomic E-state index is 2.44. The number of hydrogen-bond acceptors (Lipinski definition) is 2. The molecule has 0 atom stereocenters. The fraction of sp³-hybridized carbons (Fsp3) is 0.0625. The van der Waals surface area contributed by atoms with Crippen molar-refractivity contribution < 1.29 is 0 Å². The van der Waals surface area contributed by atoms with Crippen molar-refractivity contribution in [2.45, 2.75) is 6.92 Å². The first kappa shape index (κ1) is 18.9. The van der Waals surface area contributed by atoms with Crippen LogP contribution in [0.5, 0.6) is 0 Å². The lowest BCUT2D eigenvalue weighted by atomic mass is 10.1. The topological polar surface area (TPSA) is 10.9 Å². The van der Waals surface area contributed by atoms with Crippen molar-refractivity contribution in [1.82, 2.24) is 4.40 Å². The Kier molecular flexibility index (Phi) is 3.65. The predicted octanol–water partition coefficient (Wildman–Crippen LogP) is 8.39. The van der Waals surface area contributed by atoms with E-state index in [4.69, 9.17) is 0 Å². The van der Waals surface area contributed by atoms with Crippen molar-refractivity contribution in [3.63, 3.8) is 0 Å². The summed E-state index contributed by atoms with van der Waals surface area (Å²) in [6.07, 6.45) is 0. The van der Waals surface area contributed by atoms with Crippen LogP contribution in [0.15, 0.2) is 109 Å². The summed E-state index contributed by atoms with van der Waals surface area (Å²) < 4.78 is 2.44. The number of hydrogen-bond donors (Lipinski definition) is 0. The van der Waals surface area contributed by atoms with E-state index in [0.29, 0.717) is 0 Å². The smallest absolute Gasteiger partial charge is 0.100 e. The zero-order valence-corrected chi connectivity index (χ0v) is 19.4. The third kappa shape index (κ3) is 2.50. The monoisotopic (exact) mass is 449 g/mol. The van der Waals surface area contributed by atoms with Gasteiger partial charge in [0.1, 0.15) is 6.67 Å². The van der Waals surface area contributed by atoms with E-state index in [1.807, 2.05) is 0 Å². The van der Waals surface area contributed by atoms with Gasteiger partial charge in [0, 0.05) is 32.9 Å². The summed E-state index contributed by atoms with van der Waals surface area (Å²) in [7, 11) is 0. The lowest BCUT2D eigenvalue weighted by Gasteiger charge is -2.22. The second kappa shape index (κ2) is 6.77. The lowest BCUT2D eigenvalue weighted by Crippen LogP contribution is -2.23. The Labute approximate surface area is 203 Å². The van der Waals surface area contributed by atoms with Crippen LogP contribution in [0.2, 0.25) is 0 Å². The molecule has 0 radical (unpaired) electrons. The van der Waals surface area contributed by atoms with Crippen LogP contribution in [0.3, 0.4) is 0 Å². The minimum absolute atomic E-state index is 0.792. The molecule has 0 unspecified atom stereocenters. The number of fused-ring (bicyclic) bond motifs is 7. The molecule has 5 aromatic carbocycles. The number of rotatable bonds is 2. The fourth-order valence-electron chi connectivity index (χ4n) is 5.97. The van der Waals surface area contributed by atoms with E-state index in [0.717, 1.165) is 6.67 Å². The van der Waals surface area contributed by atoms with Gasteiger partial charge in [0.2, 0.25) is 0 Å². The molecule has 3 nitrogen and oxygen atoms in total. The Bertz CT molecular complexity index is 1890. The Hall–Kier alpha value is -4.50. The summed E-state index contributed by atoms with van der Waals surface area (Å²) in [6.45, 7) is 2.93. The summed E-state index contributed by atoms with van der Waals surface area (Å²) in [5.74, 6) is 0. The molecule has 0 bridgehead atoms. The van der Waals surface area contributed by atoms with E-state index in [-0.39, 0.29) is 0 Å². The number of benzene rings is 5. The Morgan fingerprint density at radius 2 is 1.11 bits per heavy atom. The van der Waals surface area contributed by atoms with Gasteiger partial charge >= 0.3 is 0 Å². The van der Waals surface area contributed by atoms with Crippen molar-refractivity contribution in [3.05, 3.63) is 115 Å². The first-order valence-corrected chi connectivity index (χ1v) is 12.2. The second-order valence-corrected chi connectivity index (χ2v) is 9.58. The number of aromatic nitrogens is 1. The van der Waals surface area contributed by atoms with Gasteiger partial charge in [-0.3, -0.25) is 0 Å². The molecule has 166 valence electrons. The van der Waals surface area contributed by atoms with E-state index in [1.165, 1.54) is 66.4 Å². The minimum Gasteiger partial charge on any atom is -0.321 e. The van der Waals surface area contributed by atoms with E-state index in [2.05, 4.69) is 130 Å². The van der Waals surface area contributed by atoms with E-state index in [1.54, 1.807) is 0 Å². The number of nitrogens with zero attached hydrogens (tertiary/aromatic N) is 3. The molecule has 0 fully saturated rings. The van der Waals surface area contributed by atoms with Crippen molar-refractivity contribution in [2.24, 2.45) is 0 Å². The highest BCUT2D eigenvalue weighted by Crippen LogP contribution is 2.46. The highest BCUT2D eigenvalue weighted by molar-refractivity contribution is 6.23. The van der Waals surface area contributed by atoms with Gasteiger partial charge in [0.05, 0.1) is 27.9 Å². The standard InChI is InChI=1S/C32H23N3/c1-21-13-15-22(16-14-21)33-20-34(31-12-5-4-11-30(31)33)23-17-18-29-27(19-23)26-9-6-8-25-24-7-2-3-10-28(24)35(29)32(25)26/h2-19H,20H2,1H3. The molecule has 8 rings (SSSR count). The lowest BCUT2D eigenvalue weighted by molar-refractivity contribution is 0.991. The maximum atomic E-state index is 2.44. The van der Waals surface area contributed by atoms with E-state index < -0.39 is 0 Å². The Morgan fingerprint density at radius 3 is 1.91 bits per heavy atom.